The van der Waals surface area contributed by atoms with Gasteiger partial charge >= 0.3 is 0 Å². The van der Waals surface area contributed by atoms with Crippen molar-refractivity contribution in [1.82, 2.24) is 4.90 Å². The first kappa shape index (κ1) is 18.3. The van der Waals surface area contributed by atoms with Crippen LogP contribution in [0.2, 0.25) is 0 Å². The summed E-state index contributed by atoms with van der Waals surface area (Å²) in [5.74, 6) is 0.411. The lowest BCUT2D eigenvalue weighted by molar-refractivity contribution is 0.390. The molecule has 2 rings (SSSR count). The van der Waals surface area contributed by atoms with Gasteiger partial charge in [0.05, 0.1) is 0 Å². The Morgan fingerprint density at radius 3 is 1.92 bits per heavy atom. The molecule has 0 atom stereocenters. The van der Waals surface area contributed by atoms with E-state index in [0.717, 1.165) is 0 Å². The average molecular weight is 322 g/mol. The molecule has 0 spiro atoms. The zero-order valence-corrected chi connectivity index (χ0v) is 15.9. The summed E-state index contributed by atoms with van der Waals surface area (Å²) in [5, 5.41) is 0. The van der Waals surface area contributed by atoms with Gasteiger partial charge in [-0.1, -0.05) is 56.9 Å². The highest BCUT2D eigenvalue weighted by Crippen LogP contribution is 2.33. The molecule has 2 heteroatoms. The van der Waals surface area contributed by atoms with Gasteiger partial charge in [0.1, 0.15) is 0 Å². The van der Waals surface area contributed by atoms with E-state index in [4.69, 9.17) is 0 Å². The van der Waals surface area contributed by atoms with E-state index in [1.807, 2.05) is 0 Å². The van der Waals surface area contributed by atoms with Gasteiger partial charge in [-0.15, -0.1) is 0 Å². The van der Waals surface area contributed by atoms with Crippen LogP contribution in [0.25, 0.3) is 5.57 Å². The van der Waals surface area contributed by atoms with E-state index in [0.29, 0.717) is 12.0 Å². The van der Waals surface area contributed by atoms with Gasteiger partial charge in [0.15, 0.2) is 0 Å². The molecule has 1 aliphatic carbocycles. The smallest absolute Gasteiger partial charge is 0.0462 e. The number of benzene rings is 1. The highest BCUT2D eigenvalue weighted by molar-refractivity contribution is 5.85. The van der Waals surface area contributed by atoms with Crippen LogP contribution in [-0.2, 0) is 0 Å². The molecule has 0 N–H and O–H groups in total. The van der Waals surface area contributed by atoms with Gasteiger partial charge < -0.3 is 4.90 Å². The summed E-state index contributed by atoms with van der Waals surface area (Å²) in [6, 6.07) is 9.10. The van der Waals surface area contributed by atoms with E-state index in [9.17, 15) is 0 Å². The van der Waals surface area contributed by atoms with E-state index in [1.165, 1.54) is 28.0 Å². The third-order valence-corrected chi connectivity index (χ3v) is 4.52. The van der Waals surface area contributed by atoms with Gasteiger partial charge in [-0.25, -0.2) is 0 Å². The fourth-order valence-corrected chi connectivity index (χ4v) is 2.79. The summed E-state index contributed by atoms with van der Waals surface area (Å²) in [6.07, 6.45) is 8.95. The van der Waals surface area contributed by atoms with Gasteiger partial charge in [-0.05, 0) is 54.4 Å². The van der Waals surface area contributed by atoms with Gasteiger partial charge in [0, 0.05) is 25.8 Å². The largest absolute Gasteiger partial charge is 0.378 e. The standard InChI is InChI=1S/C22H30N2/c1-16(2)17(3)22(18-8-12-20(13-9-18)23(4)5)19-10-14-21(15-11-19)24(6)7/h8-16,20H,3H2,1-2,4-7H3. The van der Waals surface area contributed by atoms with E-state index in [-0.39, 0.29) is 0 Å². The monoisotopic (exact) mass is 322 g/mol. The number of anilines is 1. The molecule has 0 saturated heterocycles. The number of likely N-dealkylation sites (N-methyl/N-ethyl adjacent to an activating group) is 1. The maximum absolute atomic E-state index is 4.37. The minimum absolute atomic E-state index is 0.360. The molecule has 128 valence electrons. The van der Waals surface area contributed by atoms with Crippen molar-refractivity contribution in [3.8, 4) is 0 Å². The average Bonchev–Trinajstić information content (AvgIpc) is 2.55. The number of rotatable bonds is 5. The number of allylic oxidation sites excluding steroid dienone is 5. The molecule has 0 aliphatic heterocycles. The molecule has 0 saturated carbocycles. The Balaban J connectivity index is 2.47. The van der Waals surface area contributed by atoms with Crippen molar-refractivity contribution in [1.29, 1.82) is 0 Å². The highest BCUT2D eigenvalue weighted by atomic mass is 15.1. The third-order valence-electron chi connectivity index (χ3n) is 4.52. The SMILES string of the molecule is C=C(C(=C1C=CC(N(C)C)C=C1)c1ccc(N(C)C)cc1)C(C)C. The molecule has 0 fully saturated rings. The Labute approximate surface area is 147 Å². The Kier molecular flexibility index (Phi) is 5.84. The van der Waals surface area contributed by atoms with Crippen molar-refractivity contribution >= 4 is 11.3 Å². The van der Waals surface area contributed by atoms with E-state index >= 15 is 0 Å². The maximum Gasteiger partial charge on any atom is 0.0462 e. The summed E-state index contributed by atoms with van der Waals surface area (Å²) in [6.45, 7) is 8.78. The maximum atomic E-state index is 4.37. The third kappa shape index (κ3) is 4.07. The zero-order valence-electron chi connectivity index (χ0n) is 15.9. The van der Waals surface area contributed by atoms with E-state index < -0.39 is 0 Å². The Morgan fingerprint density at radius 1 is 0.958 bits per heavy atom. The van der Waals surface area contributed by atoms with Crippen LogP contribution in [0.3, 0.4) is 0 Å². The summed E-state index contributed by atoms with van der Waals surface area (Å²) >= 11 is 0. The quantitative estimate of drug-likeness (QED) is 0.770. The van der Waals surface area contributed by atoms with Crippen molar-refractivity contribution in [2.45, 2.75) is 19.9 Å². The molecule has 1 aromatic carbocycles. The summed E-state index contributed by atoms with van der Waals surface area (Å²) in [5.41, 5.74) is 6.11. The fraction of sp³-hybridized carbons (Fsp3) is 0.364. The van der Waals surface area contributed by atoms with Crippen molar-refractivity contribution in [3.63, 3.8) is 0 Å². The summed E-state index contributed by atoms with van der Waals surface area (Å²) in [4.78, 5) is 4.32. The first-order chi connectivity index (χ1) is 11.3. The van der Waals surface area contributed by atoms with Crippen LogP contribution in [-0.4, -0.2) is 39.1 Å². The molecule has 2 nitrogen and oxygen atoms in total. The highest BCUT2D eigenvalue weighted by Gasteiger charge is 2.16. The van der Waals surface area contributed by atoms with Crippen LogP contribution >= 0.6 is 0 Å². The van der Waals surface area contributed by atoms with Crippen LogP contribution in [0.1, 0.15) is 19.4 Å². The molecule has 0 unspecified atom stereocenters. The molecule has 1 aromatic rings. The predicted molar refractivity (Wildman–Crippen MR) is 107 cm³/mol. The van der Waals surface area contributed by atoms with Gasteiger partial charge in [-0.3, -0.25) is 4.90 Å². The summed E-state index contributed by atoms with van der Waals surface area (Å²) < 4.78 is 0. The van der Waals surface area contributed by atoms with Crippen LogP contribution in [0, 0.1) is 5.92 Å². The molecule has 0 amide bonds. The second-order valence-corrected chi connectivity index (χ2v) is 7.12. The zero-order chi connectivity index (χ0) is 17.9. The fourth-order valence-electron chi connectivity index (χ4n) is 2.79. The molecule has 0 bridgehead atoms. The Morgan fingerprint density at radius 2 is 1.50 bits per heavy atom. The molecular weight excluding hydrogens is 292 g/mol. The lowest BCUT2D eigenvalue weighted by Crippen LogP contribution is -2.24. The second-order valence-electron chi connectivity index (χ2n) is 7.12. The molecule has 0 heterocycles. The van der Waals surface area contributed by atoms with E-state index in [1.54, 1.807) is 0 Å². The lowest BCUT2D eigenvalue weighted by atomic mass is 9.86. The first-order valence-corrected chi connectivity index (χ1v) is 8.55. The lowest BCUT2D eigenvalue weighted by Gasteiger charge is -2.23. The summed E-state index contributed by atoms with van der Waals surface area (Å²) in [7, 11) is 8.33. The van der Waals surface area contributed by atoms with Crippen LogP contribution in [0.15, 0.2) is 66.3 Å². The van der Waals surface area contributed by atoms with Crippen molar-refractivity contribution in [3.05, 3.63) is 71.9 Å². The minimum atomic E-state index is 0.360. The normalized spacial score (nSPS) is 16.8. The minimum Gasteiger partial charge on any atom is -0.378 e. The van der Waals surface area contributed by atoms with Gasteiger partial charge in [0.2, 0.25) is 0 Å². The van der Waals surface area contributed by atoms with Gasteiger partial charge in [0.25, 0.3) is 0 Å². The van der Waals surface area contributed by atoms with Crippen molar-refractivity contribution < 1.29 is 0 Å². The molecule has 0 aromatic heterocycles. The molecule has 0 radical (unpaired) electrons. The number of hydrogen-bond acceptors (Lipinski definition) is 2. The molecule has 1 aliphatic rings. The topological polar surface area (TPSA) is 6.48 Å². The predicted octanol–water partition coefficient (Wildman–Crippen LogP) is 4.77. The Hall–Kier alpha value is -2.06. The van der Waals surface area contributed by atoms with Crippen LogP contribution < -0.4 is 4.90 Å². The first-order valence-electron chi connectivity index (χ1n) is 8.55. The van der Waals surface area contributed by atoms with Crippen LogP contribution in [0.4, 0.5) is 5.69 Å². The van der Waals surface area contributed by atoms with E-state index in [2.05, 4.69) is 107 Å². The van der Waals surface area contributed by atoms with Crippen molar-refractivity contribution in [2.24, 2.45) is 5.92 Å². The Bertz CT molecular complexity index is 654. The van der Waals surface area contributed by atoms with Crippen LogP contribution in [0.5, 0.6) is 0 Å². The van der Waals surface area contributed by atoms with Gasteiger partial charge in [-0.2, -0.15) is 0 Å². The van der Waals surface area contributed by atoms with Crippen molar-refractivity contribution in [2.75, 3.05) is 33.1 Å². The second kappa shape index (κ2) is 7.67. The molecular formula is C22H30N2. The number of nitrogens with zero attached hydrogens (tertiary/aromatic N) is 2. The number of hydrogen-bond donors (Lipinski definition) is 0. The molecule has 24 heavy (non-hydrogen) atoms.